The van der Waals surface area contributed by atoms with Gasteiger partial charge in [-0.25, -0.2) is 0 Å². The largest absolute Gasteiger partial charge is 0.465 e. The van der Waals surface area contributed by atoms with Crippen LogP contribution in [0.1, 0.15) is 13.3 Å². The highest BCUT2D eigenvalue weighted by molar-refractivity contribution is 5.76. The molecule has 0 aromatic carbocycles. The van der Waals surface area contributed by atoms with Gasteiger partial charge in [-0.1, -0.05) is 0 Å². The van der Waals surface area contributed by atoms with E-state index in [-0.39, 0.29) is 18.1 Å². The molecule has 0 aromatic rings. The summed E-state index contributed by atoms with van der Waals surface area (Å²) in [5.41, 5.74) is 0. The Labute approximate surface area is 72.1 Å². The molecular weight excluding hydrogens is 158 g/mol. The lowest BCUT2D eigenvalue weighted by atomic mass is 10.2. The molecule has 1 fully saturated rings. The fourth-order valence-electron chi connectivity index (χ4n) is 1.49. The Kier molecular flexibility index (Phi) is 3.05. The first-order valence-electron chi connectivity index (χ1n) is 4.20. The monoisotopic (exact) mass is 173 g/mol. The lowest BCUT2D eigenvalue weighted by Crippen LogP contribution is -2.34. The minimum Gasteiger partial charge on any atom is -0.465 e. The number of aliphatic hydroxyl groups is 1. The first-order valence-corrected chi connectivity index (χ1v) is 4.20. The highest BCUT2D eigenvalue weighted by Crippen LogP contribution is 2.16. The lowest BCUT2D eigenvalue weighted by molar-refractivity contribution is -0.148. The molecule has 1 rings (SSSR count). The smallest absolute Gasteiger partial charge is 0.323 e. The van der Waals surface area contributed by atoms with Crippen molar-refractivity contribution in [2.75, 3.05) is 20.2 Å². The molecule has 12 heavy (non-hydrogen) atoms. The van der Waals surface area contributed by atoms with Gasteiger partial charge in [-0.2, -0.15) is 0 Å². The molecule has 70 valence electrons. The zero-order valence-electron chi connectivity index (χ0n) is 7.49. The average Bonchev–Trinajstić information content (AvgIpc) is 2.30. The molecule has 1 aliphatic heterocycles. The van der Waals surface area contributed by atoms with Crippen LogP contribution in [0.25, 0.3) is 0 Å². The quantitative estimate of drug-likeness (QED) is 0.578. The van der Waals surface area contributed by atoms with Crippen LogP contribution in [0.4, 0.5) is 0 Å². The van der Waals surface area contributed by atoms with E-state index in [1.165, 1.54) is 0 Å². The van der Waals surface area contributed by atoms with Gasteiger partial charge in [0.2, 0.25) is 0 Å². The number of carbonyl (C=O) groups excluding carboxylic acids is 1. The zero-order valence-corrected chi connectivity index (χ0v) is 7.49. The second-order valence-corrected chi connectivity index (χ2v) is 3.10. The predicted octanol–water partition coefficient (Wildman–Crippen LogP) is -0.386. The first-order chi connectivity index (χ1) is 5.65. The summed E-state index contributed by atoms with van der Waals surface area (Å²) in [7, 11) is 1.82. The van der Waals surface area contributed by atoms with Crippen LogP contribution in [0.15, 0.2) is 0 Å². The molecule has 0 unspecified atom stereocenters. The van der Waals surface area contributed by atoms with Crippen molar-refractivity contribution in [3.05, 3.63) is 0 Å². The van der Waals surface area contributed by atoms with E-state index in [4.69, 9.17) is 4.74 Å². The number of β-amino-alcohol motifs (C(OH)–C–C–N with tert-alkyl or cyclic N) is 1. The number of aliphatic hydroxyl groups excluding tert-OH is 1. The highest BCUT2D eigenvalue weighted by atomic mass is 16.5. The molecule has 4 heteroatoms. The number of hydrogen-bond acceptors (Lipinski definition) is 4. The molecule has 4 nitrogen and oxygen atoms in total. The number of hydrogen-bond donors (Lipinski definition) is 1. The van der Waals surface area contributed by atoms with Gasteiger partial charge in [0.1, 0.15) is 6.04 Å². The van der Waals surface area contributed by atoms with Crippen molar-refractivity contribution in [2.24, 2.45) is 0 Å². The molecule has 0 aromatic heterocycles. The van der Waals surface area contributed by atoms with Crippen LogP contribution in [0, 0.1) is 0 Å². The zero-order chi connectivity index (χ0) is 9.14. The summed E-state index contributed by atoms with van der Waals surface area (Å²) in [6, 6.07) is -0.250. The number of likely N-dealkylation sites (N-methyl/N-ethyl adjacent to an activating group) is 1. The summed E-state index contributed by atoms with van der Waals surface area (Å²) >= 11 is 0. The van der Waals surface area contributed by atoms with Crippen molar-refractivity contribution < 1.29 is 14.6 Å². The van der Waals surface area contributed by atoms with Crippen LogP contribution in [-0.2, 0) is 9.53 Å². The average molecular weight is 173 g/mol. The van der Waals surface area contributed by atoms with Crippen molar-refractivity contribution in [1.82, 2.24) is 4.90 Å². The SMILES string of the molecule is CCOC(=O)[C@H]1C[C@@H](O)CN1C. The molecule has 1 aliphatic rings. The van der Waals surface area contributed by atoms with E-state index < -0.39 is 0 Å². The Morgan fingerprint density at radius 1 is 1.75 bits per heavy atom. The van der Waals surface area contributed by atoms with Gasteiger partial charge in [-0.15, -0.1) is 0 Å². The predicted molar refractivity (Wildman–Crippen MR) is 43.7 cm³/mol. The highest BCUT2D eigenvalue weighted by Gasteiger charge is 2.34. The maximum absolute atomic E-state index is 11.2. The van der Waals surface area contributed by atoms with Crippen LogP contribution in [0.2, 0.25) is 0 Å². The van der Waals surface area contributed by atoms with Gasteiger partial charge in [0, 0.05) is 13.0 Å². The van der Waals surface area contributed by atoms with Crippen molar-refractivity contribution in [3.8, 4) is 0 Å². The van der Waals surface area contributed by atoms with Gasteiger partial charge >= 0.3 is 5.97 Å². The first kappa shape index (κ1) is 9.48. The van der Waals surface area contributed by atoms with Gasteiger partial charge in [0.15, 0.2) is 0 Å². The molecular formula is C8H15NO3. The number of esters is 1. The van der Waals surface area contributed by atoms with E-state index in [1.54, 1.807) is 6.92 Å². The third-order valence-corrected chi connectivity index (χ3v) is 2.08. The number of rotatable bonds is 2. The summed E-state index contributed by atoms with van der Waals surface area (Å²) in [4.78, 5) is 13.0. The fourth-order valence-corrected chi connectivity index (χ4v) is 1.49. The number of nitrogens with zero attached hydrogens (tertiary/aromatic N) is 1. The van der Waals surface area contributed by atoms with E-state index in [2.05, 4.69) is 0 Å². The van der Waals surface area contributed by atoms with Gasteiger partial charge < -0.3 is 9.84 Å². The Morgan fingerprint density at radius 2 is 2.42 bits per heavy atom. The van der Waals surface area contributed by atoms with Crippen LogP contribution in [-0.4, -0.2) is 48.3 Å². The third kappa shape index (κ3) is 1.95. The van der Waals surface area contributed by atoms with Crippen LogP contribution in [0.5, 0.6) is 0 Å². The van der Waals surface area contributed by atoms with Crippen molar-refractivity contribution in [2.45, 2.75) is 25.5 Å². The molecule has 0 radical (unpaired) electrons. The maximum atomic E-state index is 11.2. The van der Waals surface area contributed by atoms with E-state index in [0.29, 0.717) is 19.6 Å². The molecule has 1 saturated heterocycles. The van der Waals surface area contributed by atoms with Crippen molar-refractivity contribution >= 4 is 5.97 Å². The van der Waals surface area contributed by atoms with Crippen LogP contribution < -0.4 is 0 Å². The molecule has 0 bridgehead atoms. The van der Waals surface area contributed by atoms with Crippen molar-refractivity contribution in [3.63, 3.8) is 0 Å². The molecule has 1 heterocycles. The maximum Gasteiger partial charge on any atom is 0.323 e. The Bertz CT molecular complexity index is 172. The normalized spacial score (nSPS) is 30.6. The standard InChI is InChI=1S/C8H15NO3/c1-3-12-8(11)7-4-6(10)5-9(7)2/h6-7,10H,3-5H2,1-2H3/t6-,7-/m1/s1. The Hall–Kier alpha value is -0.610. The van der Waals surface area contributed by atoms with Gasteiger partial charge in [0.05, 0.1) is 12.7 Å². The molecule has 0 amide bonds. The van der Waals surface area contributed by atoms with Crippen LogP contribution >= 0.6 is 0 Å². The second-order valence-electron chi connectivity index (χ2n) is 3.10. The fraction of sp³-hybridized carbons (Fsp3) is 0.875. The van der Waals surface area contributed by atoms with Gasteiger partial charge in [-0.05, 0) is 14.0 Å². The lowest BCUT2D eigenvalue weighted by Gasteiger charge is -2.16. The Balaban J connectivity index is 2.46. The number of likely N-dealkylation sites (tertiary alicyclic amines) is 1. The minimum absolute atomic E-state index is 0.225. The minimum atomic E-state index is -0.385. The summed E-state index contributed by atoms with van der Waals surface area (Å²) in [6.07, 6.45) is 0.111. The Morgan fingerprint density at radius 3 is 2.83 bits per heavy atom. The van der Waals surface area contributed by atoms with E-state index in [9.17, 15) is 9.90 Å². The van der Waals surface area contributed by atoms with Crippen LogP contribution in [0.3, 0.4) is 0 Å². The molecule has 0 saturated carbocycles. The second kappa shape index (κ2) is 3.87. The van der Waals surface area contributed by atoms with Gasteiger partial charge in [0.25, 0.3) is 0 Å². The van der Waals surface area contributed by atoms with Crippen molar-refractivity contribution in [1.29, 1.82) is 0 Å². The molecule has 2 atom stereocenters. The van der Waals surface area contributed by atoms with E-state index >= 15 is 0 Å². The third-order valence-electron chi connectivity index (χ3n) is 2.08. The van der Waals surface area contributed by atoms with E-state index in [0.717, 1.165) is 0 Å². The number of carbonyl (C=O) groups is 1. The molecule has 0 aliphatic carbocycles. The molecule has 1 N–H and O–H groups in total. The number of ether oxygens (including phenoxy) is 1. The van der Waals surface area contributed by atoms with E-state index in [1.807, 2.05) is 11.9 Å². The summed E-state index contributed by atoms with van der Waals surface area (Å²) in [6.45, 7) is 2.74. The summed E-state index contributed by atoms with van der Waals surface area (Å²) in [5, 5.41) is 9.24. The topological polar surface area (TPSA) is 49.8 Å². The van der Waals surface area contributed by atoms with Gasteiger partial charge in [-0.3, -0.25) is 9.69 Å². The summed E-state index contributed by atoms with van der Waals surface area (Å²) < 4.78 is 4.85. The summed E-state index contributed by atoms with van der Waals surface area (Å²) in [5.74, 6) is -0.225. The molecule has 0 spiro atoms.